The molecule has 0 saturated heterocycles. The van der Waals surface area contributed by atoms with Gasteiger partial charge in [-0.25, -0.2) is 4.79 Å². The number of nitrogens with one attached hydrogen (secondary N) is 2. The number of hydrogen-bond donors (Lipinski definition) is 2. The first-order valence-corrected chi connectivity index (χ1v) is 8.07. The molecular formula is C17H23ClN2O. The van der Waals surface area contributed by atoms with Gasteiger partial charge < -0.3 is 10.6 Å². The monoisotopic (exact) mass is 306 g/mol. The Kier molecular flexibility index (Phi) is 6.61. The molecule has 3 nitrogen and oxygen atoms in total. The number of amides is 2. The third-order valence-electron chi connectivity index (χ3n) is 3.82. The van der Waals surface area contributed by atoms with Crippen LogP contribution in [0.15, 0.2) is 36.5 Å². The molecular weight excluding hydrogens is 284 g/mol. The lowest BCUT2D eigenvalue weighted by Gasteiger charge is -2.17. The highest BCUT2D eigenvalue weighted by Crippen LogP contribution is 2.24. The average Bonchev–Trinajstić information content (AvgIpc) is 2.48. The van der Waals surface area contributed by atoms with Crippen molar-refractivity contribution < 1.29 is 4.79 Å². The van der Waals surface area contributed by atoms with Crippen molar-refractivity contribution in [3.05, 3.63) is 47.1 Å². The first-order valence-electron chi connectivity index (χ1n) is 7.69. The van der Waals surface area contributed by atoms with Gasteiger partial charge in [-0.05, 0) is 42.9 Å². The van der Waals surface area contributed by atoms with E-state index in [-0.39, 0.29) is 6.03 Å². The molecule has 2 amide bonds. The zero-order valence-electron chi connectivity index (χ0n) is 12.3. The maximum atomic E-state index is 11.6. The number of urea groups is 1. The molecule has 0 aromatic heterocycles. The van der Waals surface area contributed by atoms with E-state index < -0.39 is 0 Å². The highest BCUT2D eigenvalue weighted by atomic mass is 35.5. The summed E-state index contributed by atoms with van der Waals surface area (Å²) >= 11 is 5.92. The summed E-state index contributed by atoms with van der Waals surface area (Å²) in [5.41, 5.74) is 1.13. The Morgan fingerprint density at radius 1 is 1.29 bits per heavy atom. The number of hydrogen-bond acceptors (Lipinski definition) is 1. The topological polar surface area (TPSA) is 41.1 Å². The van der Waals surface area contributed by atoms with Crippen molar-refractivity contribution in [2.45, 2.75) is 38.5 Å². The van der Waals surface area contributed by atoms with Gasteiger partial charge in [-0.1, -0.05) is 49.1 Å². The fraction of sp³-hybridized carbons (Fsp3) is 0.471. The molecule has 4 heteroatoms. The molecule has 114 valence electrons. The quantitative estimate of drug-likeness (QED) is 0.838. The van der Waals surface area contributed by atoms with Gasteiger partial charge in [0.25, 0.3) is 0 Å². The molecule has 0 unspecified atom stereocenters. The van der Waals surface area contributed by atoms with Gasteiger partial charge in [0, 0.05) is 17.8 Å². The predicted octanol–water partition coefficient (Wildman–Crippen LogP) is 4.28. The lowest BCUT2D eigenvalue weighted by molar-refractivity contribution is 0.244. The smallest absolute Gasteiger partial charge is 0.318 e. The van der Waals surface area contributed by atoms with E-state index in [1.165, 1.54) is 32.1 Å². The van der Waals surface area contributed by atoms with Crippen molar-refractivity contribution in [1.82, 2.24) is 10.6 Å². The number of allylic oxidation sites excluding steroid dienone is 1. The van der Waals surface area contributed by atoms with Crippen LogP contribution < -0.4 is 10.6 Å². The molecule has 0 atom stereocenters. The van der Waals surface area contributed by atoms with Gasteiger partial charge in [-0.2, -0.15) is 0 Å². The summed E-state index contributed by atoms with van der Waals surface area (Å²) in [5, 5.41) is 6.34. The van der Waals surface area contributed by atoms with Crippen LogP contribution in [0, 0.1) is 5.92 Å². The first kappa shape index (κ1) is 15.9. The number of carbonyl (C=O) groups excluding carboxylic acids is 1. The lowest BCUT2D eigenvalue weighted by atomic mass is 9.89. The minimum atomic E-state index is -0.149. The van der Waals surface area contributed by atoms with Crippen molar-refractivity contribution in [3.8, 4) is 0 Å². The third kappa shape index (κ3) is 6.21. The summed E-state index contributed by atoms with van der Waals surface area (Å²) in [5.74, 6) is 0.630. The van der Waals surface area contributed by atoms with E-state index in [0.29, 0.717) is 12.5 Å². The summed E-state index contributed by atoms with van der Waals surface area (Å²) < 4.78 is 0. The summed E-state index contributed by atoms with van der Waals surface area (Å²) in [7, 11) is 0. The average molecular weight is 307 g/mol. The Bertz CT molecular complexity index is 481. The van der Waals surface area contributed by atoms with E-state index >= 15 is 0 Å². The molecule has 2 N–H and O–H groups in total. The van der Waals surface area contributed by atoms with Crippen molar-refractivity contribution >= 4 is 17.6 Å². The van der Waals surface area contributed by atoms with Crippen LogP contribution in [-0.4, -0.2) is 12.6 Å². The van der Waals surface area contributed by atoms with E-state index in [1.807, 2.05) is 24.3 Å². The molecule has 0 heterocycles. The van der Waals surface area contributed by atoms with Gasteiger partial charge in [-0.15, -0.1) is 0 Å². The van der Waals surface area contributed by atoms with Gasteiger partial charge in [0.2, 0.25) is 0 Å². The third-order valence-corrected chi connectivity index (χ3v) is 4.06. The van der Waals surface area contributed by atoms with Crippen molar-refractivity contribution in [3.63, 3.8) is 0 Å². The number of benzene rings is 1. The van der Waals surface area contributed by atoms with Crippen LogP contribution in [0.3, 0.4) is 0 Å². The molecule has 0 radical (unpaired) electrons. The van der Waals surface area contributed by atoms with Gasteiger partial charge in [0.05, 0.1) is 0 Å². The number of halogens is 1. The molecule has 1 aromatic rings. The van der Waals surface area contributed by atoms with Gasteiger partial charge in [0.1, 0.15) is 0 Å². The Hall–Kier alpha value is -1.48. The van der Waals surface area contributed by atoms with Crippen LogP contribution in [0.25, 0.3) is 0 Å². The van der Waals surface area contributed by atoms with E-state index in [0.717, 1.165) is 17.0 Å². The SMILES string of the molecule is O=C(N/C=C/C1CCCCC1)NCCc1cccc(Cl)c1. The minimum absolute atomic E-state index is 0.149. The summed E-state index contributed by atoms with van der Waals surface area (Å²) in [4.78, 5) is 11.6. The second-order valence-electron chi connectivity index (χ2n) is 5.54. The maximum absolute atomic E-state index is 11.6. The van der Waals surface area contributed by atoms with Gasteiger partial charge in [-0.3, -0.25) is 0 Å². The Balaban J connectivity index is 1.62. The van der Waals surface area contributed by atoms with Crippen LogP contribution in [0.2, 0.25) is 5.02 Å². The molecule has 2 rings (SSSR count). The van der Waals surface area contributed by atoms with Gasteiger partial charge in [0.15, 0.2) is 0 Å². The largest absolute Gasteiger partial charge is 0.338 e. The normalized spacial score (nSPS) is 16.0. The van der Waals surface area contributed by atoms with Crippen LogP contribution in [0.5, 0.6) is 0 Å². The van der Waals surface area contributed by atoms with Crippen LogP contribution in [0.4, 0.5) is 4.79 Å². The summed E-state index contributed by atoms with van der Waals surface area (Å²) in [6.45, 7) is 0.601. The molecule has 0 aliphatic heterocycles. The van der Waals surface area contributed by atoms with Crippen LogP contribution in [-0.2, 0) is 6.42 Å². The fourth-order valence-corrected chi connectivity index (χ4v) is 2.86. The molecule has 1 aliphatic carbocycles. The van der Waals surface area contributed by atoms with E-state index in [4.69, 9.17) is 11.6 Å². The predicted molar refractivity (Wildman–Crippen MR) is 87.4 cm³/mol. The van der Waals surface area contributed by atoms with E-state index in [9.17, 15) is 4.79 Å². The Morgan fingerprint density at radius 2 is 2.10 bits per heavy atom. The number of rotatable bonds is 5. The molecule has 1 fully saturated rings. The lowest BCUT2D eigenvalue weighted by Crippen LogP contribution is -2.33. The standard InChI is InChI=1S/C17H23ClN2O/c18-16-8-4-7-15(13-16)10-12-20-17(21)19-11-9-14-5-2-1-3-6-14/h4,7-9,11,13-14H,1-3,5-6,10,12H2,(H2,19,20,21)/b11-9+. The summed E-state index contributed by atoms with van der Waals surface area (Å²) in [6.07, 6.45) is 11.1. The zero-order valence-corrected chi connectivity index (χ0v) is 13.0. The van der Waals surface area contributed by atoms with Crippen molar-refractivity contribution in [2.75, 3.05) is 6.54 Å². The molecule has 0 bridgehead atoms. The Morgan fingerprint density at radius 3 is 2.86 bits per heavy atom. The molecule has 0 spiro atoms. The summed E-state index contributed by atoms with van der Waals surface area (Å²) in [6, 6.07) is 7.55. The Labute approximate surface area is 131 Å². The van der Waals surface area contributed by atoms with Gasteiger partial charge >= 0.3 is 6.03 Å². The van der Waals surface area contributed by atoms with Crippen LogP contribution >= 0.6 is 11.6 Å². The molecule has 1 aromatic carbocycles. The van der Waals surface area contributed by atoms with Crippen molar-refractivity contribution in [2.24, 2.45) is 5.92 Å². The maximum Gasteiger partial charge on any atom is 0.318 e. The molecule has 1 saturated carbocycles. The molecule has 1 aliphatic rings. The molecule has 21 heavy (non-hydrogen) atoms. The first-order chi connectivity index (χ1) is 10.2. The number of carbonyl (C=O) groups is 1. The second-order valence-corrected chi connectivity index (χ2v) is 5.97. The second kappa shape index (κ2) is 8.73. The fourth-order valence-electron chi connectivity index (χ4n) is 2.65. The minimum Gasteiger partial charge on any atom is -0.338 e. The van der Waals surface area contributed by atoms with Crippen LogP contribution in [0.1, 0.15) is 37.7 Å². The van der Waals surface area contributed by atoms with E-state index in [1.54, 1.807) is 6.20 Å². The highest BCUT2D eigenvalue weighted by molar-refractivity contribution is 6.30. The van der Waals surface area contributed by atoms with E-state index in [2.05, 4.69) is 16.7 Å². The zero-order chi connectivity index (χ0) is 14.9. The highest BCUT2D eigenvalue weighted by Gasteiger charge is 2.09. The van der Waals surface area contributed by atoms with Crippen molar-refractivity contribution in [1.29, 1.82) is 0 Å².